The molecular formula is C18H15Cl2NO5. The number of benzene rings is 1. The van der Waals surface area contributed by atoms with Crippen molar-refractivity contribution in [2.45, 2.75) is 6.04 Å². The summed E-state index contributed by atoms with van der Waals surface area (Å²) in [5.74, 6) is -1.82. The number of hydrogen-bond donors (Lipinski definition) is 1. The number of carbonyl (C=O) groups is 2. The molecular weight excluding hydrogens is 381 g/mol. The van der Waals surface area contributed by atoms with E-state index in [-0.39, 0.29) is 29.5 Å². The highest BCUT2D eigenvalue weighted by molar-refractivity contribution is 6.42. The van der Waals surface area contributed by atoms with Crippen LogP contribution in [-0.4, -0.2) is 42.0 Å². The fraction of sp³-hybridized carbons (Fsp3) is 0.222. The molecule has 3 rings (SSSR count). The first-order valence-corrected chi connectivity index (χ1v) is 8.47. The van der Waals surface area contributed by atoms with Crippen LogP contribution in [0.25, 0.3) is 0 Å². The molecule has 0 spiro atoms. The molecule has 1 N–H and O–H groups in total. The molecule has 0 bridgehead atoms. The Balaban J connectivity index is 2.10. The van der Waals surface area contributed by atoms with E-state index in [9.17, 15) is 14.7 Å². The summed E-state index contributed by atoms with van der Waals surface area (Å²) >= 11 is 12.1. The molecule has 0 fully saturated rings. The quantitative estimate of drug-likeness (QED) is 0.752. The van der Waals surface area contributed by atoms with Gasteiger partial charge >= 0.3 is 0 Å². The maximum absolute atomic E-state index is 12.8. The monoisotopic (exact) mass is 395 g/mol. The lowest BCUT2D eigenvalue weighted by Crippen LogP contribution is -2.34. The van der Waals surface area contributed by atoms with Gasteiger partial charge in [0.2, 0.25) is 5.78 Å². The highest BCUT2D eigenvalue weighted by Crippen LogP contribution is 2.40. The van der Waals surface area contributed by atoms with Crippen molar-refractivity contribution in [3.63, 3.8) is 0 Å². The van der Waals surface area contributed by atoms with Crippen LogP contribution in [0.15, 0.2) is 52.3 Å². The zero-order valence-corrected chi connectivity index (χ0v) is 15.3. The normalized spacial score (nSPS) is 17.3. The van der Waals surface area contributed by atoms with E-state index >= 15 is 0 Å². The molecule has 0 saturated carbocycles. The molecule has 0 radical (unpaired) electrons. The minimum absolute atomic E-state index is 0.0259. The molecule has 0 aliphatic carbocycles. The Morgan fingerprint density at radius 1 is 1.31 bits per heavy atom. The largest absolute Gasteiger partial charge is 0.503 e. The van der Waals surface area contributed by atoms with E-state index in [1.807, 2.05) is 0 Å². The molecule has 1 aliphatic rings. The molecule has 26 heavy (non-hydrogen) atoms. The zero-order valence-electron chi connectivity index (χ0n) is 13.7. The van der Waals surface area contributed by atoms with Crippen LogP contribution in [0.1, 0.15) is 22.2 Å². The number of ether oxygens (including phenoxy) is 1. The average Bonchev–Trinajstić information content (AvgIpc) is 3.24. The second-order valence-electron chi connectivity index (χ2n) is 5.64. The van der Waals surface area contributed by atoms with Gasteiger partial charge in [-0.3, -0.25) is 9.59 Å². The first-order valence-electron chi connectivity index (χ1n) is 7.72. The van der Waals surface area contributed by atoms with Crippen LogP contribution in [0.5, 0.6) is 0 Å². The van der Waals surface area contributed by atoms with Crippen LogP contribution in [0.4, 0.5) is 0 Å². The van der Waals surface area contributed by atoms with Gasteiger partial charge in [-0.25, -0.2) is 0 Å². The standard InChI is InChI=1S/C18H15Cl2NO5/c1-25-8-6-21-15(10-4-5-11(19)12(20)9-10)14(17(23)18(21)24)16(22)13-3-2-7-26-13/h2-5,7,9,15,23H,6,8H2,1H3/t15-/m0/s1. The summed E-state index contributed by atoms with van der Waals surface area (Å²) in [5.41, 5.74) is 0.474. The summed E-state index contributed by atoms with van der Waals surface area (Å²) in [4.78, 5) is 26.7. The summed E-state index contributed by atoms with van der Waals surface area (Å²) in [6.07, 6.45) is 1.35. The highest BCUT2D eigenvalue weighted by Gasteiger charge is 2.44. The third kappa shape index (κ3) is 3.23. The molecule has 136 valence electrons. The maximum Gasteiger partial charge on any atom is 0.290 e. The molecule has 1 amide bonds. The maximum atomic E-state index is 12.8. The Kier molecular flexibility index (Phi) is 5.36. The number of methoxy groups -OCH3 is 1. The number of ketones is 1. The van der Waals surface area contributed by atoms with E-state index in [4.69, 9.17) is 32.4 Å². The first kappa shape index (κ1) is 18.5. The second-order valence-corrected chi connectivity index (χ2v) is 6.45. The molecule has 2 aromatic rings. The summed E-state index contributed by atoms with van der Waals surface area (Å²) in [6, 6.07) is 6.98. The summed E-state index contributed by atoms with van der Waals surface area (Å²) in [5, 5.41) is 11.0. The Labute approximate surface area is 159 Å². The lowest BCUT2D eigenvalue weighted by molar-refractivity contribution is -0.130. The van der Waals surface area contributed by atoms with Gasteiger partial charge in [0.1, 0.15) is 0 Å². The smallest absolute Gasteiger partial charge is 0.290 e. The van der Waals surface area contributed by atoms with Gasteiger partial charge in [-0.15, -0.1) is 0 Å². The average molecular weight is 396 g/mol. The first-order chi connectivity index (χ1) is 12.5. The number of nitrogens with zero attached hydrogens (tertiary/aromatic N) is 1. The van der Waals surface area contributed by atoms with Gasteiger partial charge in [0.25, 0.3) is 5.91 Å². The number of halogens is 2. The van der Waals surface area contributed by atoms with Crippen LogP contribution in [0.3, 0.4) is 0 Å². The van der Waals surface area contributed by atoms with Crippen molar-refractivity contribution in [1.29, 1.82) is 0 Å². The molecule has 6 nitrogen and oxygen atoms in total. The van der Waals surface area contributed by atoms with Crippen molar-refractivity contribution in [1.82, 2.24) is 4.90 Å². The Morgan fingerprint density at radius 2 is 2.08 bits per heavy atom. The van der Waals surface area contributed by atoms with Gasteiger partial charge in [0, 0.05) is 13.7 Å². The highest BCUT2D eigenvalue weighted by atomic mass is 35.5. The fourth-order valence-electron chi connectivity index (χ4n) is 2.88. The van der Waals surface area contributed by atoms with E-state index in [2.05, 4.69) is 0 Å². The molecule has 0 unspecified atom stereocenters. The predicted octanol–water partition coefficient (Wildman–Crippen LogP) is 3.81. The van der Waals surface area contributed by atoms with Crippen molar-refractivity contribution in [3.8, 4) is 0 Å². The minimum atomic E-state index is -0.829. The second kappa shape index (κ2) is 7.53. The number of aliphatic hydroxyl groups is 1. The molecule has 8 heteroatoms. The van der Waals surface area contributed by atoms with Crippen molar-refractivity contribution < 1.29 is 23.8 Å². The predicted molar refractivity (Wildman–Crippen MR) is 95.5 cm³/mol. The van der Waals surface area contributed by atoms with E-state index in [1.165, 1.54) is 24.3 Å². The number of rotatable bonds is 6. The molecule has 1 aromatic carbocycles. The van der Waals surface area contributed by atoms with E-state index in [1.54, 1.807) is 24.3 Å². The van der Waals surface area contributed by atoms with E-state index in [0.29, 0.717) is 10.6 Å². The lowest BCUT2D eigenvalue weighted by atomic mass is 9.95. The molecule has 1 aliphatic heterocycles. The Hall–Kier alpha value is -2.28. The fourth-order valence-corrected chi connectivity index (χ4v) is 3.18. The third-order valence-electron chi connectivity index (χ3n) is 4.09. The van der Waals surface area contributed by atoms with Gasteiger partial charge < -0.3 is 19.2 Å². The molecule has 1 aromatic heterocycles. The Morgan fingerprint density at radius 3 is 2.69 bits per heavy atom. The van der Waals surface area contributed by atoms with Crippen LogP contribution in [0, 0.1) is 0 Å². The van der Waals surface area contributed by atoms with Crippen molar-refractivity contribution in [2.24, 2.45) is 0 Å². The minimum Gasteiger partial charge on any atom is -0.503 e. The summed E-state index contributed by atoms with van der Waals surface area (Å²) in [7, 11) is 1.50. The van der Waals surface area contributed by atoms with Crippen molar-refractivity contribution in [2.75, 3.05) is 20.3 Å². The van der Waals surface area contributed by atoms with Crippen molar-refractivity contribution in [3.05, 3.63) is 69.3 Å². The number of furan rings is 1. The van der Waals surface area contributed by atoms with Crippen LogP contribution < -0.4 is 0 Å². The van der Waals surface area contributed by atoms with Gasteiger partial charge in [-0.2, -0.15) is 0 Å². The third-order valence-corrected chi connectivity index (χ3v) is 4.83. The zero-order chi connectivity index (χ0) is 18.8. The van der Waals surface area contributed by atoms with E-state index < -0.39 is 23.5 Å². The Bertz CT molecular complexity index is 876. The molecule has 1 atom stereocenters. The topological polar surface area (TPSA) is 80.0 Å². The SMILES string of the molecule is COCCN1C(=O)C(O)=C(C(=O)c2ccco2)[C@@H]1c1ccc(Cl)c(Cl)c1. The number of Topliss-reactive ketones (excluding diaryl/α,β-unsaturated/α-hetero) is 1. The van der Waals surface area contributed by atoms with Crippen LogP contribution in [0.2, 0.25) is 10.0 Å². The summed E-state index contributed by atoms with van der Waals surface area (Å²) in [6.45, 7) is 0.415. The number of carbonyl (C=O) groups excluding carboxylic acids is 2. The molecule has 0 saturated heterocycles. The van der Waals surface area contributed by atoms with Gasteiger partial charge in [-0.1, -0.05) is 29.3 Å². The van der Waals surface area contributed by atoms with E-state index in [0.717, 1.165) is 0 Å². The van der Waals surface area contributed by atoms with Gasteiger partial charge in [-0.05, 0) is 29.8 Å². The number of aliphatic hydroxyl groups excluding tert-OH is 1. The number of hydrogen-bond acceptors (Lipinski definition) is 5. The number of amides is 1. The lowest BCUT2D eigenvalue weighted by Gasteiger charge is -2.26. The molecule has 2 heterocycles. The van der Waals surface area contributed by atoms with Gasteiger partial charge in [0.05, 0.1) is 34.5 Å². The van der Waals surface area contributed by atoms with Crippen LogP contribution in [-0.2, 0) is 9.53 Å². The van der Waals surface area contributed by atoms with Gasteiger partial charge in [0.15, 0.2) is 11.5 Å². The van der Waals surface area contributed by atoms with Crippen molar-refractivity contribution >= 4 is 34.9 Å². The summed E-state index contributed by atoms with van der Waals surface area (Å²) < 4.78 is 10.2. The van der Waals surface area contributed by atoms with Crippen LogP contribution >= 0.6 is 23.2 Å².